The lowest BCUT2D eigenvalue weighted by atomic mass is 10.3. The summed E-state index contributed by atoms with van der Waals surface area (Å²) in [5.41, 5.74) is 0.878. The highest BCUT2D eigenvalue weighted by atomic mass is 32.1. The molecule has 1 aliphatic rings. The van der Waals surface area contributed by atoms with E-state index in [-0.39, 0.29) is 5.82 Å². The molecule has 76 valence electrons. The Balaban J connectivity index is 2.06. The first-order valence-corrected chi connectivity index (χ1v) is 5.60. The van der Waals surface area contributed by atoms with Gasteiger partial charge in [-0.05, 0) is 18.2 Å². The van der Waals surface area contributed by atoms with Crippen LogP contribution in [-0.4, -0.2) is 18.1 Å². The Morgan fingerprint density at radius 2 is 2.07 bits per heavy atom. The topological polar surface area (TPSA) is 16.1 Å². The van der Waals surface area contributed by atoms with Crippen molar-refractivity contribution in [2.75, 3.05) is 18.0 Å². The average molecular weight is 220 g/mol. The van der Waals surface area contributed by atoms with E-state index >= 15 is 0 Å². The highest BCUT2D eigenvalue weighted by molar-refractivity contribution is 7.22. The minimum atomic E-state index is -0.197. The summed E-state index contributed by atoms with van der Waals surface area (Å²) in [6.45, 7) is 1.81. The molecule has 1 aromatic heterocycles. The number of nitrogens with zero attached hydrogens (tertiary/aromatic N) is 2. The molecule has 15 heavy (non-hydrogen) atoms. The molecule has 0 N–H and O–H groups in total. The third-order valence-electron chi connectivity index (χ3n) is 2.43. The smallest absolute Gasteiger partial charge is 0.187 e. The number of benzene rings is 1. The molecule has 3 rings (SSSR count). The molecule has 4 heteroatoms. The number of thiazole rings is 1. The fraction of sp³-hybridized carbons (Fsp3) is 0.182. The van der Waals surface area contributed by atoms with Gasteiger partial charge in [-0.1, -0.05) is 23.5 Å². The van der Waals surface area contributed by atoms with Gasteiger partial charge in [-0.3, -0.25) is 0 Å². The Morgan fingerprint density at radius 3 is 2.87 bits per heavy atom. The molecule has 0 aliphatic carbocycles. The molecule has 0 unspecified atom stereocenters. The Bertz CT molecular complexity index is 524. The van der Waals surface area contributed by atoms with Gasteiger partial charge in [0.1, 0.15) is 5.82 Å². The van der Waals surface area contributed by atoms with Crippen LogP contribution in [0.25, 0.3) is 10.2 Å². The van der Waals surface area contributed by atoms with Crippen molar-refractivity contribution >= 4 is 26.7 Å². The second kappa shape index (κ2) is 3.31. The lowest BCUT2D eigenvalue weighted by Gasteiger charge is -2.11. The van der Waals surface area contributed by atoms with Crippen molar-refractivity contribution in [3.63, 3.8) is 0 Å². The van der Waals surface area contributed by atoms with E-state index in [2.05, 4.69) is 22.0 Å². The molecule has 0 atom stereocenters. The van der Waals surface area contributed by atoms with Crippen molar-refractivity contribution in [3.8, 4) is 0 Å². The molecular weight excluding hydrogens is 211 g/mol. The summed E-state index contributed by atoms with van der Waals surface area (Å²) in [6, 6.07) is 4.72. The van der Waals surface area contributed by atoms with Gasteiger partial charge in [0.15, 0.2) is 5.13 Å². The van der Waals surface area contributed by atoms with Gasteiger partial charge in [-0.2, -0.15) is 0 Å². The Morgan fingerprint density at radius 1 is 1.27 bits per heavy atom. The van der Waals surface area contributed by atoms with Crippen molar-refractivity contribution in [2.45, 2.75) is 0 Å². The van der Waals surface area contributed by atoms with Crippen LogP contribution in [0.15, 0.2) is 30.4 Å². The average Bonchev–Trinajstić information content (AvgIpc) is 2.84. The van der Waals surface area contributed by atoms with E-state index in [4.69, 9.17) is 0 Å². The first kappa shape index (κ1) is 8.85. The molecule has 0 amide bonds. The van der Waals surface area contributed by atoms with Gasteiger partial charge in [0.05, 0.1) is 10.2 Å². The number of fused-ring (bicyclic) bond motifs is 1. The molecule has 2 aromatic rings. The van der Waals surface area contributed by atoms with Gasteiger partial charge < -0.3 is 4.90 Å². The fourth-order valence-electron chi connectivity index (χ4n) is 1.66. The zero-order valence-electron chi connectivity index (χ0n) is 7.98. The van der Waals surface area contributed by atoms with Crippen LogP contribution in [0.1, 0.15) is 0 Å². The van der Waals surface area contributed by atoms with E-state index in [1.807, 2.05) is 0 Å². The highest BCUT2D eigenvalue weighted by Gasteiger charge is 2.12. The third kappa shape index (κ3) is 1.51. The molecule has 0 saturated heterocycles. The van der Waals surface area contributed by atoms with Crippen LogP contribution in [0.2, 0.25) is 0 Å². The summed E-state index contributed by atoms with van der Waals surface area (Å²) < 4.78 is 13.9. The minimum Gasteiger partial charge on any atom is -0.341 e. The maximum atomic E-state index is 13.0. The lowest BCUT2D eigenvalue weighted by Crippen LogP contribution is -2.17. The maximum Gasteiger partial charge on any atom is 0.187 e. The molecular formula is C11H9FN2S. The summed E-state index contributed by atoms with van der Waals surface area (Å²) in [7, 11) is 0. The van der Waals surface area contributed by atoms with E-state index in [9.17, 15) is 4.39 Å². The second-order valence-electron chi connectivity index (χ2n) is 3.48. The molecule has 0 radical (unpaired) electrons. The number of aromatic nitrogens is 1. The van der Waals surface area contributed by atoms with Crippen LogP contribution in [0.4, 0.5) is 9.52 Å². The molecule has 0 bridgehead atoms. The predicted octanol–water partition coefficient (Wildman–Crippen LogP) is 2.81. The standard InChI is InChI=1S/C11H9FN2S/c12-8-3-4-9-10(7-8)15-11(13-9)14-5-1-2-6-14/h1-4,7H,5-6H2. The maximum absolute atomic E-state index is 13.0. The van der Waals surface area contributed by atoms with E-state index in [0.717, 1.165) is 28.4 Å². The lowest BCUT2D eigenvalue weighted by molar-refractivity contribution is 0.630. The molecule has 1 aliphatic heterocycles. The zero-order chi connectivity index (χ0) is 10.3. The molecule has 2 nitrogen and oxygen atoms in total. The number of hydrogen-bond acceptors (Lipinski definition) is 3. The van der Waals surface area contributed by atoms with Crippen LogP contribution in [-0.2, 0) is 0 Å². The minimum absolute atomic E-state index is 0.197. The summed E-state index contributed by atoms with van der Waals surface area (Å²) in [5.74, 6) is -0.197. The van der Waals surface area contributed by atoms with Crippen LogP contribution in [0.5, 0.6) is 0 Å². The van der Waals surface area contributed by atoms with Crippen molar-refractivity contribution in [1.29, 1.82) is 0 Å². The fourth-order valence-corrected chi connectivity index (χ4v) is 2.66. The number of anilines is 1. The highest BCUT2D eigenvalue weighted by Crippen LogP contribution is 2.29. The quantitative estimate of drug-likeness (QED) is 0.687. The van der Waals surface area contributed by atoms with E-state index < -0.39 is 0 Å². The Hall–Kier alpha value is -1.42. The van der Waals surface area contributed by atoms with E-state index in [1.165, 1.54) is 6.07 Å². The van der Waals surface area contributed by atoms with Gasteiger partial charge in [0, 0.05) is 13.1 Å². The van der Waals surface area contributed by atoms with Crippen molar-refractivity contribution in [3.05, 3.63) is 36.2 Å². The first-order chi connectivity index (χ1) is 7.33. The van der Waals surface area contributed by atoms with Gasteiger partial charge >= 0.3 is 0 Å². The normalized spacial score (nSPS) is 15.4. The first-order valence-electron chi connectivity index (χ1n) is 4.79. The SMILES string of the molecule is Fc1ccc2nc(N3CC=CC3)sc2c1. The molecule has 0 saturated carbocycles. The van der Waals surface area contributed by atoms with Crippen LogP contribution in [0, 0.1) is 5.82 Å². The summed E-state index contributed by atoms with van der Waals surface area (Å²) >= 11 is 1.54. The summed E-state index contributed by atoms with van der Waals surface area (Å²) in [4.78, 5) is 6.64. The van der Waals surface area contributed by atoms with Crippen molar-refractivity contribution in [2.24, 2.45) is 0 Å². The molecule has 1 aromatic carbocycles. The Labute approximate surface area is 90.7 Å². The predicted molar refractivity (Wildman–Crippen MR) is 60.9 cm³/mol. The second-order valence-corrected chi connectivity index (χ2v) is 4.49. The van der Waals surface area contributed by atoms with Crippen molar-refractivity contribution in [1.82, 2.24) is 4.98 Å². The van der Waals surface area contributed by atoms with Gasteiger partial charge in [0.25, 0.3) is 0 Å². The van der Waals surface area contributed by atoms with Gasteiger partial charge in [-0.25, -0.2) is 9.37 Å². The number of hydrogen-bond donors (Lipinski definition) is 0. The van der Waals surface area contributed by atoms with Crippen molar-refractivity contribution < 1.29 is 4.39 Å². The van der Waals surface area contributed by atoms with Crippen LogP contribution < -0.4 is 4.90 Å². The van der Waals surface area contributed by atoms with Gasteiger partial charge in [0.2, 0.25) is 0 Å². The zero-order valence-corrected chi connectivity index (χ0v) is 8.80. The Kier molecular flexibility index (Phi) is 1.95. The number of rotatable bonds is 1. The molecule has 2 heterocycles. The summed E-state index contributed by atoms with van der Waals surface area (Å²) in [5, 5.41) is 0.973. The largest absolute Gasteiger partial charge is 0.341 e. The van der Waals surface area contributed by atoms with E-state index in [1.54, 1.807) is 23.5 Å². The molecule has 0 spiro atoms. The van der Waals surface area contributed by atoms with E-state index in [0.29, 0.717) is 0 Å². The monoisotopic (exact) mass is 220 g/mol. The van der Waals surface area contributed by atoms with Crippen LogP contribution >= 0.6 is 11.3 Å². The third-order valence-corrected chi connectivity index (χ3v) is 3.51. The summed E-state index contributed by atoms with van der Waals surface area (Å²) in [6.07, 6.45) is 4.24. The van der Waals surface area contributed by atoms with Gasteiger partial charge in [-0.15, -0.1) is 0 Å². The van der Waals surface area contributed by atoms with Crippen LogP contribution in [0.3, 0.4) is 0 Å². The molecule has 0 fully saturated rings. The number of halogens is 1.